The van der Waals surface area contributed by atoms with Crippen LogP contribution in [0.4, 0.5) is 0 Å². The molecular weight excluding hydrogens is 492 g/mol. The topological polar surface area (TPSA) is 88.4 Å². The first kappa shape index (κ1) is 26.3. The van der Waals surface area contributed by atoms with E-state index in [-0.39, 0.29) is 29.3 Å². The Bertz CT molecular complexity index is 1440. The zero-order chi connectivity index (χ0) is 27.5. The van der Waals surface area contributed by atoms with Crippen LogP contribution in [0, 0.1) is 6.92 Å². The monoisotopic (exact) mass is 526 g/mol. The van der Waals surface area contributed by atoms with Crippen LogP contribution in [0.3, 0.4) is 0 Å². The van der Waals surface area contributed by atoms with Gasteiger partial charge in [0.1, 0.15) is 40.6 Å². The molecule has 1 heterocycles. The quantitative estimate of drug-likeness (QED) is 0.230. The van der Waals surface area contributed by atoms with E-state index in [0.717, 1.165) is 57.7 Å². The van der Waals surface area contributed by atoms with E-state index in [2.05, 4.69) is 6.07 Å². The van der Waals surface area contributed by atoms with Crippen LogP contribution in [0.15, 0.2) is 72.8 Å². The SMILES string of the molecule is COc1ccc([C@@H]2CCc3cc([C@H](CCc4ccc(O)cc4OC)c4ccc(O)cc4)c(O)c(C)c3O2)cc1. The molecule has 0 fully saturated rings. The predicted octanol–water partition coefficient (Wildman–Crippen LogP) is 6.96. The summed E-state index contributed by atoms with van der Waals surface area (Å²) in [6.45, 7) is 1.91. The summed E-state index contributed by atoms with van der Waals surface area (Å²) in [5.74, 6) is 2.62. The first-order chi connectivity index (χ1) is 18.9. The highest BCUT2D eigenvalue weighted by atomic mass is 16.5. The summed E-state index contributed by atoms with van der Waals surface area (Å²) >= 11 is 0. The summed E-state index contributed by atoms with van der Waals surface area (Å²) in [7, 11) is 3.24. The summed E-state index contributed by atoms with van der Waals surface area (Å²) in [6, 6.07) is 22.3. The first-order valence-corrected chi connectivity index (χ1v) is 13.2. The number of hydrogen-bond donors (Lipinski definition) is 3. The molecule has 6 heteroatoms. The van der Waals surface area contributed by atoms with Crippen molar-refractivity contribution < 1.29 is 29.5 Å². The number of rotatable bonds is 8. The molecule has 5 rings (SSSR count). The summed E-state index contributed by atoms with van der Waals surface area (Å²) in [5, 5.41) is 31.3. The molecule has 0 radical (unpaired) electrons. The molecule has 0 unspecified atom stereocenters. The van der Waals surface area contributed by atoms with Crippen LogP contribution in [-0.4, -0.2) is 29.5 Å². The van der Waals surface area contributed by atoms with Gasteiger partial charge in [-0.3, -0.25) is 0 Å². The van der Waals surface area contributed by atoms with Crippen LogP contribution in [0.25, 0.3) is 0 Å². The zero-order valence-electron chi connectivity index (χ0n) is 22.5. The molecule has 4 aromatic rings. The number of phenolic OH excluding ortho intramolecular Hbond substituents is 3. The van der Waals surface area contributed by atoms with E-state index in [9.17, 15) is 15.3 Å². The minimum atomic E-state index is -0.132. The minimum absolute atomic E-state index is 0.0952. The van der Waals surface area contributed by atoms with E-state index >= 15 is 0 Å². The van der Waals surface area contributed by atoms with Crippen molar-refractivity contribution in [3.8, 4) is 34.5 Å². The van der Waals surface area contributed by atoms with Crippen molar-refractivity contribution in [3.63, 3.8) is 0 Å². The molecule has 4 aromatic carbocycles. The Kier molecular flexibility index (Phi) is 7.55. The fourth-order valence-corrected chi connectivity index (χ4v) is 5.49. The average molecular weight is 527 g/mol. The predicted molar refractivity (Wildman–Crippen MR) is 150 cm³/mol. The normalized spacial score (nSPS) is 15.2. The molecule has 0 bridgehead atoms. The van der Waals surface area contributed by atoms with E-state index < -0.39 is 0 Å². The second kappa shape index (κ2) is 11.2. The lowest BCUT2D eigenvalue weighted by Gasteiger charge is -2.30. The third kappa shape index (κ3) is 5.46. The molecule has 2 atom stereocenters. The van der Waals surface area contributed by atoms with Gasteiger partial charge in [0.2, 0.25) is 0 Å². The summed E-state index contributed by atoms with van der Waals surface area (Å²) in [4.78, 5) is 0. The number of aryl methyl sites for hydroxylation is 2. The molecule has 3 N–H and O–H groups in total. The lowest BCUT2D eigenvalue weighted by atomic mass is 9.82. The number of phenols is 3. The molecule has 1 aliphatic heterocycles. The minimum Gasteiger partial charge on any atom is -0.508 e. The maximum absolute atomic E-state index is 11.5. The number of aromatic hydroxyl groups is 3. The fourth-order valence-electron chi connectivity index (χ4n) is 5.49. The van der Waals surface area contributed by atoms with Gasteiger partial charge < -0.3 is 29.5 Å². The van der Waals surface area contributed by atoms with Gasteiger partial charge in [0.05, 0.1) is 14.2 Å². The number of benzene rings is 4. The van der Waals surface area contributed by atoms with Gasteiger partial charge in [-0.25, -0.2) is 0 Å². The summed E-state index contributed by atoms with van der Waals surface area (Å²) in [5.41, 5.74) is 5.69. The number of methoxy groups -OCH3 is 2. The van der Waals surface area contributed by atoms with Crippen molar-refractivity contribution in [1.29, 1.82) is 0 Å². The van der Waals surface area contributed by atoms with Gasteiger partial charge in [-0.05, 0) is 91.3 Å². The molecule has 0 amide bonds. The van der Waals surface area contributed by atoms with E-state index in [4.69, 9.17) is 14.2 Å². The maximum atomic E-state index is 11.5. The molecular formula is C33H34O6. The number of ether oxygens (including phenoxy) is 3. The van der Waals surface area contributed by atoms with Crippen LogP contribution in [0.5, 0.6) is 34.5 Å². The Balaban J connectivity index is 1.48. The third-order valence-corrected chi connectivity index (χ3v) is 7.66. The standard InChI is InChI=1S/C33H34O6/c1-20-32(36)29(18-24-10-17-30(39-33(20)24)22-7-14-27(37-2)15-8-22)28(21-4-11-25(34)12-5-21)16-9-23-6-13-26(35)19-31(23)38-3/h4-8,11-15,18-19,28,30,34-36H,9-10,16-17H2,1-3H3/t28-,30+/m1/s1. The second-order valence-electron chi connectivity index (χ2n) is 10.0. The number of fused-ring (bicyclic) bond motifs is 1. The average Bonchev–Trinajstić information content (AvgIpc) is 2.96. The van der Waals surface area contributed by atoms with Gasteiger partial charge in [0.15, 0.2) is 0 Å². The lowest BCUT2D eigenvalue weighted by molar-refractivity contribution is 0.174. The van der Waals surface area contributed by atoms with E-state index in [1.165, 1.54) is 0 Å². The largest absolute Gasteiger partial charge is 0.508 e. The van der Waals surface area contributed by atoms with Gasteiger partial charge in [0, 0.05) is 23.1 Å². The summed E-state index contributed by atoms with van der Waals surface area (Å²) < 4.78 is 17.2. The Morgan fingerprint density at radius 3 is 2.28 bits per heavy atom. The molecule has 0 saturated carbocycles. The Morgan fingerprint density at radius 2 is 1.59 bits per heavy atom. The van der Waals surface area contributed by atoms with Crippen molar-refractivity contribution in [2.24, 2.45) is 0 Å². The molecule has 1 aliphatic rings. The summed E-state index contributed by atoms with van der Waals surface area (Å²) in [6.07, 6.45) is 2.92. The highest BCUT2D eigenvalue weighted by Gasteiger charge is 2.28. The van der Waals surface area contributed by atoms with Crippen LogP contribution >= 0.6 is 0 Å². The van der Waals surface area contributed by atoms with Crippen molar-refractivity contribution in [1.82, 2.24) is 0 Å². The van der Waals surface area contributed by atoms with E-state index in [1.807, 2.05) is 49.4 Å². The van der Waals surface area contributed by atoms with Crippen LogP contribution in [0.2, 0.25) is 0 Å². The third-order valence-electron chi connectivity index (χ3n) is 7.66. The molecule has 202 valence electrons. The van der Waals surface area contributed by atoms with Crippen molar-refractivity contribution in [2.75, 3.05) is 14.2 Å². The lowest BCUT2D eigenvalue weighted by Crippen LogP contribution is -2.17. The van der Waals surface area contributed by atoms with Crippen LogP contribution in [-0.2, 0) is 12.8 Å². The smallest absolute Gasteiger partial charge is 0.130 e. The molecule has 0 spiro atoms. The van der Waals surface area contributed by atoms with Crippen molar-refractivity contribution in [3.05, 3.63) is 106 Å². The highest BCUT2D eigenvalue weighted by Crippen LogP contribution is 2.46. The van der Waals surface area contributed by atoms with Gasteiger partial charge in [-0.2, -0.15) is 0 Å². The van der Waals surface area contributed by atoms with E-state index in [0.29, 0.717) is 18.6 Å². The van der Waals surface area contributed by atoms with Crippen LogP contribution < -0.4 is 14.2 Å². The van der Waals surface area contributed by atoms with Gasteiger partial charge >= 0.3 is 0 Å². The second-order valence-corrected chi connectivity index (χ2v) is 10.0. The fraction of sp³-hybridized carbons (Fsp3) is 0.273. The van der Waals surface area contributed by atoms with Gasteiger partial charge in [-0.1, -0.05) is 30.3 Å². The first-order valence-electron chi connectivity index (χ1n) is 13.2. The maximum Gasteiger partial charge on any atom is 0.130 e. The zero-order valence-corrected chi connectivity index (χ0v) is 22.5. The van der Waals surface area contributed by atoms with Gasteiger partial charge in [-0.15, -0.1) is 0 Å². The molecule has 0 aromatic heterocycles. The number of hydrogen-bond acceptors (Lipinski definition) is 6. The van der Waals surface area contributed by atoms with Crippen LogP contribution in [0.1, 0.15) is 58.2 Å². The van der Waals surface area contributed by atoms with E-state index in [1.54, 1.807) is 38.5 Å². The van der Waals surface area contributed by atoms with Crippen molar-refractivity contribution in [2.45, 2.75) is 44.6 Å². The highest BCUT2D eigenvalue weighted by molar-refractivity contribution is 5.57. The van der Waals surface area contributed by atoms with Gasteiger partial charge in [0.25, 0.3) is 0 Å². The Hall–Kier alpha value is -4.32. The molecule has 0 saturated heterocycles. The van der Waals surface area contributed by atoms with Crippen molar-refractivity contribution >= 4 is 0 Å². The Morgan fingerprint density at radius 1 is 0.872 bits per heavy atom. The Labute approximate surface area is 229 Å². The molecule has 39 heavy (non-hydrogen) atoms. The molecule has 6 nitrogen and oxygen atoms in total. The molecule has 0 aliphatic carbocycles.